The van der Waals surface area contributed by atoms with E-state index in [0.717, 1.165) is 28.6 Å². The van der Waals surface area contributed by atoms with Crippen molar-refractivity contribution in [2.24, 2.45) is 0 Å². The second kappa shape index (κ2) is 6.62. The first-order valence-electron chi connectivity index (χ1n) is 7.08. The van der Waals surface area contributed by atoms with Gasteiger partial charge in [-0.25, -0.2) is 4.79 Å². The van der Waals surface area contributed by atoms with E-state index in [-0.39, 0.29) is 6.03 Å². The molecule has 3 aromatic rings. The second-order valence-corrected chi connectivity index (χ2v) is 5.84. The van der Waals surface area contributed by atoms with Crippen LogP contribution in [0.25, 0.3) is 11.4 Å². The van der Waals surface area contributed by atoms with Gasteiger partial charge in [0.1, 0.15) is 11.5 Å². The van der Waals surface area contributed by atoms with E-state index in [2.05, 4.69) is 14.7 Å². The average molecular weight is 328 g/mol. The van der Waals surface area contributed by atoms with Gasteiger partial charge in [-0.05, 0) is 19.1 Å². The molecule has 6 nitrogen and oxygen atoms in total. The van der Waals surface area contributed by atoms with Crippen LogP contribution in [0.15, 0.2) is 46.9 Å². The molecule has 0 saturated heterocycles. The molecule has 2 heterocycles. The predicted molar refractivity (Wildman–Crippen MR) is 89.3 cm³/mol. The van der Waals surface area contributed by atoms with Gasteiger partial charge in [-0.2, -0.15) is 9.36 Å². The molecule has 2 amide bonds. The number of urea groups is 1. The zero-order valence-electron chi connectivity index (χ0n) is 12.8. The Morgan fingerprint density at radius 3 is 2.74 bits per heavy atom. The molecule has 0 unspecified atom stereocenters. The highest BCUT2D eigenvalue weighted by Crippen LogP contribution is 2.21. The number of carbonyl (C=O) groups excluding carboxylic acids is 1. The van der Waals surface area contributed by atoms with Gasteiger partial charge in [0.2, 0.25) is 5.13 Å². The molecule has 1 N–H and O–H groups in total. The van der Waals surface area contributed by atoms with Crippen molar-refractivity contribution >= 4 is 22.7 Å². The SMILES string of the molecule is Cc1ccc(CN(C)C(=O)Nc2nc(-c3ccccc3)ns2)o1. The van der Waals surface area contributed by atoms with Gasteiger partial charge in [0.15, 0.2) is 5.82 Å². The maximum Gasteiger partial charge on any atom is 0.323 e. The van der Waals surface area contributed by atoms with E-state index in [0.29, 0.717) is 17.5 Å². The first kappa shape index (κ1) is 15.2. The van der Waals surface area contributed by atoms with Crippen LogP contribution in [0.1, 0.15) is 11.5 Å². The van der Waals surface area contributed by atoms with Gasteiger partial charge in [-0.15, -0.1) is 0 Å². The Bertz CT molecular complexity index is 797. The number of amides is 2. The van der Waals surface area contributed by atoms with Crippen LogP contribution in [-0.2, 0) is 6.54 Å². The standard InChI is InChI=1S/C16H16N4O2S/c1-11-8-9-13(22-11)10-20(2)16(21)18-15-17-14(19-23-15)12-6-4-3-5-7-12/h3-9H,10H2,1-2H3,(H,17,18,19,21). The molecule has 0 aliphatic heterocycles. The Balaban J connectivity index is 1.63. The summed E-state index contributed by atoms with van der Waals surface area (Å²) in [6.07, 6.45) is 0. The second-order valence-electron chi connectivity index (χ2n) is 5.09. The topological polar surface area (TPSA) is 71.3 Å². The van der Waals surface area contributed by atoms with Gasteiger partial charge in [0.25, 0.3) is 0 Å². The van der Waals surface area contributed by atoms with Crippen LogP contribution < -0.4 is 5.32 Å². The molecule has 2 aromatic heterocycles. The molecule has 0 aliphatic rings. The molecule has 7 heteroatoms. The van der Waals surface area contributed by atoms with Gasteiger partial charge in [-0.3, -0.25) is 5.32 Å². The molecule has 0 bridgehead atoms. The normalized spacial score (nSPS) is 10.5. The van der Waals surface area contributed by atoms with Crippen LogP contribution >= 0.6 is 11.5 Å². The molecular weight excluding hydrogens is 312 g/mol. The van der Waals surface area contributed by atoms with E-state index < -0.39 is 0 Å². The number of nitrogens with one attached hydrogen (secondary N) is 1. The molecular formula is C16H16N4O2S. The van der Waals surface area contributed by atoms with Gasteiger partial charge in [0.05, 0.1) is 6.54 Å². The molecule has 0 atom stereocenters. The van der Waals surface area contributed by atoms with E-state index in [1.165, 1.54) is 4.90 Å². The fraction of sp³-hybridized carbons (Fsp3) is 0.188. The third-order valence-electron chi connectivity index (χ3n) is 3.21. The number of hydrogen-bond donors (Lipinski definition) is 1. The van der Waals surface area contributed by atoms with E-state index in [4.69, 9.17) is 4.42 Å². The van der Waals surface area contributed by atoms with Gasteiger partial charge >= 0.3 is 6.03 Å². The largest absolute Gasteiger partial charge is 0.464 e. The molecule has 0 aliphatic carbocycles. The number of hydrogen-bond acceptors (Lipinski definition) is 5. The van der Waals surface area contributed by atoms with Crippen molar-refractivity contribution < 1.29 is 9.21 Å². The maximum atomic E-state index is 12.2. The third-order valence-corrected chi connectivity index (χ3v) is 3.84. The van der Waals surface area contributed by atoms with Crippen molar-refractivity contribution in [3.63, 3.8) is 0 Å². The smallest absolute Gasteiger partial charge is 0.323 e. The Kier molecular flexibility index (Phi) is 4.38. The van der Waals surface area contributed by atoms with Crippen LogP contribution in [0.4, 0.5) is 9.93 Å². The Labute approximate surface area is 137 Å². The van der Waals surface area contributed by atoms with Crippen molar-refractivity contribution in [2.75, 3.05) is 12.4 Å². The van der Waals surface area contributed by atoms with Gasteiger partial charge < -0.3 is 9.32 Å². The summed E-state index contributed by atoms with van der Waals surface area (Å²) in [4.78, 5) is 18.1. The number of benzene rings is 1. The average Bonchev–Trinajstić information content (AvgIpc) is 3.17. The van der Waals surface area contributed by atoms with E-state index in [9.17, 15) is 4.79 Å². The molecule has 118 valence electrons. The number of rotatable bonds is 4. The minimum Gasteiger partial charge on any atom is -0.464 e. The summed E-state index contributed by atoms with van der Waals surface area (Å²) in [7, 11) is 1.70. The van der Waals surface area contributed by atoms with Crippen molar-refractivity contribution in [1.82, 2.24) is 14.3 Å². The number of aryl methyl sites for hydroxylation is 1. The molecule has 1 aromatic carbocycles. The van der Waals surface area contributed by atoms with Crippen LogP contribution in [0.5, 0.6) is 0 Å². The van der Waals surface area contributed by atoms with Crippen LogP contribution in [0.2, 0.25) is 0 Å². The first-order chi connectivity index (χ1) is 11.1. The monoisotopic (exact) mass is 328 g/mol. The minimum absolute atomic E-state index is 0.255. The molecule has 3 rings (SSSR count). The van der Waals surface area contributed by atoms with Crippen LogP contribution in [0.3, 0.4) is 0 Å². The molecule has 0 saturated carbocycles. The summed E-state index contributed by atoms with van der Waals surface area (Å²) in [5, 5.41) is 3.22. The molecule has 0 spiro atoms. The molecule has 23 heavy (non-hydrogen) atoms. The van der Waals surface area contributed by atoms with Crippen molar-refractivity contribution in [3.8, 4) is 11.4 Å². The van der Waals surface area contributed by atoms with E-state index >= 15 is 0 Å². The van der Waals surface area contributed by atoms with Crippen molar-refractivity contribution in [2.45, 2.75) is 13.5 Å². The lowest BCUT2D eigenvalue weighted by Gasteiger charge is -2.15. The molecule has 0 fully saturated rings. The van der Waals surface area contributed by atoms with Gasteiger partial charge in [-0.1, -0.05) is 30.3 Å². The summed E-state index contributed by atoms with van der Waals surface area (Å²) >= 11 is 1.16. The van der Waals surface area contributed by atoms with Crippen molar-refractivity contribution in [1.29, 1.82) is 0 Å². The lowest BCUT2D eigenvalue weighted by Crippen LogP contribution is -2.30. The Morgan fingerprint density at radius 2 is 2.04 bits per heavy atom. The maximum absolute atomic E-state index is 12.2. The summed E-state index contributed by atoms with van der Waals surface area (Å²) in [6, 6.07) is 13.1. The van der Waals surface area contributed by atoms with Gasteiger partial charge in [0, 0.05) is 24.1 Å². The summed E-state index contributed by atoms with van der Waals surface area (Å²) in [5.74, 6) is 2.17. The number of anilines is 1. The summed E-state index contributed by atoms with van der Waals surface area (Å²) < 4.78 is 9.73. The minimum atomic E-state index is -0.255. The van der Waals surface area contributed by atoms with E-state index in [1.54, 1.807) is 7.05 Å². The highest BCUT2D eigenvalue weighted by molar-refractivity contribution is 7.10. The quantitative estimate of drug-likeness (QED) is 0.791. The Hall–Kier alpha value is -2.67. The third kappa shape index (κ3) is 3.75. The Morgan fingerprint density at radius 1 is 1.26 bits per heavy atom. The first-order valence-corrected chi connectivity index (χ1v) is 7.86. The summed E-state index contributed by atoms with van der Waals surface area (Å²) in [5.41, 5.74) is 0.920. The fourth-order valence-corrected chi connectivity index (χ4v) is 2.62. The number of nitrogens with zero attached hydrogens (tertiary/aromatic N) is 3. The number of aromatic nitrogens is 2. The fourth-order valence-electron chi connectivity index (χ4n) is 2.04. The lowest BCUT2D eigenvalue weighted by atomic mass is 10.2. The van der Waals surface area contributed by atoms with Crippen LogP contribution in [0, 0.1) is 6.92 Å². The van der Waals surface area contributed by atoms with E-state index in [1.807, 2.05) is 49.4 Å². The molecule has 0 radical (unpaired) electrons. The van der Waals surface area contributed by atoms with Crippen LogP contribution in [-0.4, -0.2) is 27.3 Å². The zero-order valence-corrected chi connectivity index (χ0v) is 13.6. The number of carbonyl (C=O) groups is 1. The zero-order chi connectivity index (χ0) is 16.2. The highest BCUT2D eigenvalue weighted by atomic mass is 32.1. The summed E-state index contributed by atoms with van der Waals surface area (Å²) in [6.45, 7) is 2.26. The van der Waals surface area contributed by atoms with Crippen molar-refractivity contribution in [3.05, 3.63) is 54.0 Å². The highest BCUT2D eigenvalue weighted by Gasteiger charge is 2.14. The predicted octanol–water partition coefficient (Wildman–Crippen LogP) is 3.77. The lowest BCUT2D eigenvalue weighted by molar-refractivity contribution is 0.216. The number of furan rings is 1.